The third kappa shape index (κ3) is 2.29. The van der Waals surface area contributed by atoms with Gasteiger partial charge in [0, 0.05) is 36.6 Å². The average molecular weight is 271 g/mol. The van der Waals surface area contributed by atoms with Crippen LogP contribution in [0.5, 0.6) is 0 Å². The molecule has 0 aliphatic carbocycles. The van der Waals surface area contributed by atoms with E-state index < -0.39 is 0 Å². The minimum Gasteiger partial charge on any atom is -0.338 e. The Bertz CT molecular complexity index is 683. The number of fused-ring (bicyclic) bond motifs is 1. The summed E-state index contributed by atoms with van der Waals surface area (Å²) in [6, 6.07) is 8.88. The molecule has 0 bridgehead atoms. The molecule has 0 spiro atoms. The van der Waals surface area contributed by atoms with Crippen molar-refractivity contribution in [3.05, 3.63) is 53.4 Å². The lowest BCUT2D eigenvalue weighted by Crippen LogP contribution is -2.20. The van der Waals surface area contributed by atoms with Gasteiger partial charge < -0.3 is 9.88 Å². The van der Waals surface area contributed by atoms with Crippen molar-refractivity contribution < 1.29 is 0 Å². The zero-order chi connectivity index (χ0) is 13.2. The van der Waals surface area contributed by atoms with Crippen molar-refractivity contribution >= 4 is 21.4 Å². The van der Waals surface area contributed by atoms with E-state index in [-0.39, 0.29) is 0 Å². The maximum atomic E-state index is 4.42. The third-order valence-electron chi connectivity index (χ3n) is 3.54. The SMILES string of the molecule is CNC(Cc1nccn1C)c1csc2ccccc12. The molecule has 0 saturated heterocycles. The number of hydrogen-bond donors (Lipinski definition) is 1. The first-order valence-electron chi connectivity index (χ1n) is 6.39. The molecule has 0 aliphatic rings. The highest BCUT2D eigenvalue weighted by molar-refractivity contribution is 7.17. The molecule has 0 amide bonds. The van der Waals surface area contributed by atoms with Gasteiger partial charge in [-0.25, -0.2) is 4.98 Å². The summed E-state index contributed by atoms with van der Waals surface area (Å²) in [5.74, 6) is 1.11. The summed E-state index contributed by atoms with van der Waals surface area (Å²) in [6.45, 7) is 0. The highest BCUT2D eigenvalue weighted by atomic mass is 32.1. The number of imidazole rings is 1. The number of rotatable bonds is 4. The number of nitrogens with zero attached hydrogens (tertiary/aromatic N) is 2. The summed E-state index contributed by atoms with van der Waals surface area (Å²) in [6.07, 6.45) is 4.75. The van der Waals surface area contributed by atoms with Gasteiger partial charge in [-0.2, -0.15) is 0 Å². The summed E-state index contributed by atoms with van der Waals surface area (Å²) in [5.41, 5.74) is 1.37. The highest BCUT2D eigenvalue weighted by Crippen LogP contribution is 2.31. The Balaban J connectivity index is 1.96. The van der Waals surface area contributed by atoms with E-state index in [1.54, 1.807) is 0 Å². The molecular weight excluding hydrogens is 254 g/mol. The second-order valence-corrected chi connectivity index (χ2v) is 5.60. The number of aryl methyl sites for hydroxylation is 1. The van der Waals surface area contributed by atoms with Crippen LogP contribution in [0.2, 0.25) is 0 Å². The summed E-state index contributed by atoms with van der Waals surface area (Å²) in [5, 5.41) is 7.02. The van der Waals surface area contributed by atoms with Gasteiger partial charge in [-0.15, -0.1) is 11.3 Å². The highest BCUT2D eigenvalue weighted by Gasteiger charge is 2.16. The van der Waals surface area contributed by atoms with E-state index >= 15 is 0 Å². The molecule has 3 aromatic rings. The standard InChI is InChI=1S/C15H17N3S/c1-16-13(9-15-17-7-8-18(15)2)12-10-19-14-6-4-3-5-11(12)14/h3-8,10,13,16H,9H2,1-2H3. The monoisotopic (exact) mass is 271 g/mol. The molecule has 3 nitrogen and oxygen atoms in total. The second-order valence-electron chi connectivity index (χ2n) is 4.69. The normalized spacial score (nSPS) is 12.9. The Morgan fingerprint density at radius 3 is 2.95 bits per heavy atom. The lowest BCUT2D eigenvalue weighted by Gasteiger charge is -2.15. The number of thiophene rings is 1. The molecular formula is C15H17N3S. The molecule has 3 rings (SSSR count). The minimum absolute atomic E-state index is 0.303. The number of aromatic nitrogens is 2. The topological polar surface area (TPSA) is 29.9 Å². The Kier molecular flexibility index (Phi) is 3.36. The van der Waals surface area contributed by atoms with Crippen LogP contribution in [0.4, 0.5) is 0 Å². The zero-order valence-corrected chi connectivity index (χ0v) is 11.9. The smallest absolute Gasteiger partial charge is 0.110 e. The van der Waals surface area contributed by atoms with Gasteiger partial charge in [-0.3, -0.25) is 0 Å². The fourth-order valence-electron chi connectivity index (χ4n) is 2.41. The fourth-order valence-corrected chi connectivity index (χ4v) is 3.43. The molecule has 2 aromatic heterocycles. The molecule has 19 heavy (non-hydrogen) atoms. The molecule has 98 valence electrons. The lowest BCUT2D eigenvalue weighted by atomic mass is 10.0. The predicted octanol–water partition coefficient (Wildman–Crippen LogP) is 3.14. The molecule has 0 fully saturated rings. The van der Waals surface area contributed by atoms with Crippen LogP contribution in [-0.2, 0) is 13.5 Å². The van der Waals surface area contributed by atoms with Crippen molar-refractivity contribution in [1.82, 2.24) is 14.9 Å². The van der Waals surface area contributed by atoms with Gasteiger partial charge in [-0.1, -0.05) is 18.2 Å². The summed E-state index contributed by atoms with van der Waals surface area (Å²) in [7, 11) is 4.06. The van der Waals surface area contributed by atoms with Gasteiger partial charge in [0.2, 0.25) is 0 Å². The van der Waals surface area contributed by atoms with Gasteiger partial charge >= 0.3 is 0 Å². The van der Waals surface area contributed by atoms with Gasteiger partial charge in [0.15, 0.2) is 0 Å². The number of likely N-dealkylation sites (N-methyl/N-ethyl adjacent to an activating group) is 1. The van der Waals surface area contributed by atoms with Crippen molar-refractivity contribution in [1.29, 1.82) is 0 Å². The van der Waals surface area contributed by atoms with Crippen molar-refractivity contribution in [3.8, 4) is 0 Å². The molecule has 1 N–H and O–H groups in total. The number of hydrogen-bond acceptors (Lipinski definition) is 3. The molecule has 1 unspecified atom stereocenters. The van der Waals surface area contributed by atoms with Gasteiger partial charge in [-0.05, 0) is 29.4 Å². The van der Waals surface area contributed by atoms with E-state index in [4.69, 9.17) is 0 Å². The lowest BCUT2D eigenvalue weighted by molar-refractivity contribution is 0.568. The summed E-state index contributed by atoms with van der Waals surface area (Å²) in [4.78, 5) is 4.42. The molecule has 1 atom stereocenters. The van der Waals surface area contributed by atoms with Crippen molar-refractivity contribution in [2.45, 2.75) is 12.5 Å². The van der Waals surface area contributed by atoms with E-state index in [2.05, 4.69) is 44.5 Å². The average Bonchev–Trinajstić information content (AvgIpc) is 3.03. The van der Waals surface area contributed by atoms with Gasteiger partial charge in [0.05, 0.1) is 0 Å². The molecule has 1 aromatic carbocycles. The van der Waals surface area contributed by atoms with Crippen LogP contribution in [0, 0.1) is 0 Å². The largest absolute Gasteiger partial charge is 0.338 e. The molecule has 2 heterocycles. The van der Waals surface area contributed by atoms with Crippen LogP contribution >= 0.6 is 11.3 Å². The molecule has 0 radical (unpaired) electrons. The van der Waals surface area contributed by atoms with Crippen LogP contribution in [-0.4, -0.2) is 16.6 Å². The Morgan fingerprint density at radius 2 is 2.21 bits per heavy atom. The van der Waals surface area contributed by atoms with Crippen LogP contribution < -0.4 is 5.32 Å². The predicted molar refractivity (Wildman–Crippen MR) is 80.5 cm³/mol. The van der Waals surface area contributed by atoms with Crippen molar-refractivity contribution in [2.24, 2.45) is 7.05 Å². The van der Waals surface area contributed by atoms with Crippen LogP contribution in [0.1, 0.15) is 17.4 Å². The number of benzene rings is 1. The third-order valence-corrected chi connectivity index (χ3v) is 4.52. The van der Waals surface area contributed by atoms with E-state index in [0.717, 1.165) is 12.2 Å². The summed E-state index contributed by atoms with van der Waals surface area (Å²) < 4.78 is 3.43. The Hall–Kier alpha value is -1.65. The summed E-state index contributed by atoms with van der Waals surface area (Å²) >= 11 is 1.81. The number of nitrogens with one attached hydrogen (secondary N) is 1. The van der Waals surface area contributed by atoms with Crippen molar-refractivity contribution in [2.75, 3.05) is 7.05 Å². The zero-order valence-electron chi connectivity index (χ0n) is 11.1. The molecule has 0 aliphatic heterocycles. The first kappa shape index (κ1) is 12.4. The van der Waals surface area contributed by atoms with Gasteiger partial charge in [0.1, 0.15) is 5.82 Å². The maximum absolute atomic E-state index is 4.42. The molecule has 4 heteroatoms. The van der Waals surface area contributed by atoms with E-state index in [1.807, 2.05) is 37.8 Å². The molecule has 0 saturated carbocycles. The van der Waals surface area contributed by atoms with E-state index in [9.17, 15) is 0 Å². The second kappa shape index (κ2) is 5.15. The first-order chi connectivity index (χ1) is 9.29. The minimum atomic E-state index is 0.303. The van der Waals surface area contributed by atoms with Crippen molar-refractivity contribution in [3.63, 3.8) is 0 Å². The van der Waals surface area contributed by atoms with Crippen LogP contribution in [0.25, 0.3) is 10.1 Å². The Morgan fingerprint density at radius 1 is 1.37 bits per heavy atom. The van der Waals surface area contributed by atoms with Gasteiger partial charge in [0.25, 0.3) is 0 Å². The first-order valence-corrected chi connectivity index (χ1v) is 7.27. The van der Waals surface area contributed by atoms with E-state index in [0.29, 0.717) is 6.04 Å². The Labute approximate surface area is 116 Å². The quantitative estimate of drug-likeness (QED) is 0.790. The van der Waals surface area contributed by atoms with Crippen LogP contribution in [0.15, 0.2) is 42.0 Å². The fraction of sp³-hybridized carbons (Fsp3) is 0.267. The maximum Gasteiger partial charge on any atom is 0.110 e. The van der Waals surface area contributed by atoms with E-state index in [1.165, 1.54) is 15.6 Å². The van der Waals surface area contributed by atoms with Crippen LogP contribution in [0.3, 0.4) is 0 Å².